The standard InChI is InChI=1S/C8H3BrClFS/c9-6-5(10)3-4-1-2-12-8(4)7(6)11/h1-3H. The van der Waals surface area contributed by atoms with E-state index in [4.69, 9.17) is 11.6 Å². The van der Waals surface area contributed by atoms with Gasteiger partial charge in [0.25, 0.3) is 0 Å². The highest BCUT2D eigenvalue weighted by Crippen LogP contribution is 2.34. The van der Waals surface area contributed by atoms with E-state index < -0.39 is 0 Å². The van der Waals surface area contributed by atoms with E-state index in [1.807, 2.05) is 11.4 Å². The quantitative estimate of drug-likeness (QED) is 0.617. The third kappa shape index (κ3) is 1.16. The van der Waals surface area contributed by atoms with Crippen molar-refractivity contribution in [2.75, 3.05) is 0 Å². The highest BCUT2D eigenvalue weighted by Gasteiger charge is 2.10. The Balaban J connectivity index is 2.94. The van der Waals surface area contributed by atoms with Crippen LogP contribution in [0.4, 0.5) is 4.39 Å². The molecule has 4 heteroatoms. The first-order chi connectivity index (χ1) is 5.70. The zero-order valence-corrected chi connectivity index (χ0v) is 8.93. The van der Waals surface area contributed by atoms with E-state index >= 15 is 0 Å². The highest BCUT2D eigenvalue weighted by molar-refractivity contribution is 9.10. The molecule has 1 aromatic heterocycles. The fourth-order valence-electron chi connectivity index (χ4n) is 1.02. The van der Waals surface area contributed by atoms with Crippen molar-refractivity contribution in [2.45, 2.75) is 0 Å². The zero-order valence-electron chi connectivity index (χ0n) is 5.77. The molecule has 0 unspecified atom stereocenters. The van der Waals surface area contributed by atoms with Crippen molar-refractivity contribution in [1.29, 1.82) is 0 Å². The van der Waals surface area contributed by atoms with Crippen LogP contribution in [-0.2, 0) is 0 Å². The van der Waals surface area contributed by atoms with Crippen LogP contribution < -0.4 is 0 Å². The molecule has 0 radical (unpaired) electrons. The molecule has 0 N–H and O–H groups in total. The summed E-state index contributed by atoms with van der Waals surface area (Å²) in [6.45, 7) is 0. The van der Waals surface area contributed by atoms with Gasteiger partial charge in [-0.2, -0.15) is 0 Å². The molecule has 0 aliphatic heterocycles. The molecular formula is C8H3BrClFS. The number of thiophene rings is 1. The highest BCUT2D eigenvalue weighted by atomic mass is 79.9. The lowest BCUT2D eigenvalue weighted by Gasteiger charge is -1.98. The second kappa shape index (κ2) is 2.98. The van der Waals surface area contributed by atoms with Crippen molar-refractivity contribution < 1.29 is 4.39 Å². The molecule has 12 heavy (non-hydrogen) atoms. The van der Waals surface area contributed by atoms with Crippen LogP contribution in [0.3, 0.4) is 0 Å². The van der Waals surface area contributed by atoms with Gasteiger partial charge < -0.3 is 0 Å². The van der Waals surface area contributed by atoms with Gasteiger partial charge >= 0.3 is 0 Å². The third-order valence-corrected chi connectivity index (χ3v) is 3.80. The number of benzene rings is 1. The van der Waals surface area contributed by atoms with Crippen molar-refractivity contribution in [3.05, 3.63) is 32.8 Å². The molecule has 0 amide bonds. The average molecular weight is 266 g/mol. The third-order valence-electron chi connectivity index (χ3n) is 1.58. The molecule has 0 saturated carbocycles. The summed E-state index contributed by atoms with van der Waals surface area (Å²) < 4.78 is 14.4. The first-order valence-electron chi connectivity index (χ1n) is 3.21. The summed E-state index contributed by atoms with van der Waals surface area (Å²) in [5, 5.41) is 3.11. The van der Waals surface area contributed by atoms with Gasteiger partial charge in [0.2, 0.25) is 0 Å². The number of fused-ring (bicyclic) bond motifs is 1. The minimum atomic E-state index is -0.271. The van der Waals surface area contributed by atoms with Crippen LogP contribution in [0.15, 0.2) is 22.0 Å². The van der Waals surface area contributed by atoms with E-state index in [0.717, 1.165) is 5.39 Å². The molecule has 0 aliphatic rings. The van der Waals surface area contributed by atoms with Crippen LogP contribution in [0.2, 0.25) is 5.02 Å². The van der Waals surface area contributed by atoms with Gasteiger partial charge in [-0.25, -0.2) is 4.39 Å². The second-order valence-electron chi connectivity index (χ2n) is 2.33. The van der Waals surface area contributed by atoms with Crippen LogP contribution >= 0.6 is 38.9 Å². The van der Waals surface area contributed by atoms with Crippen LogP contribution in [-0.4, -0.2) is 0 Å². The van der Waals surface area contributed by atoms with Gasteiger partial charge in [-0.05, 0) is 38.8 Å². The maximum atomic E-state index is 13.4. The summed E-state index contributed by atoms with van der Waals surface area (Å²) in [6, 6.07) is 3.60. The van der Waals surface area contributed by atoms with Gasteiger partial charge in [0.05, 0.1) is 14.2 Å². The van der Waals surface area contributed by atoms with E-state index in [0.29, 0.717) is 14.2 Å². The van der Waals surface area contributed by atoms with E-state index in [1.165, 1.54) is 11.3 Å². The summed E-state index contributed by atoms with van der Waals surface area (Å²) in [5.41, 5.74) is 0. The van der Waals surface area contributed by atoms with E-state index in [9.17, 15) is 4.39 Å². The fraction of sp³-hybridized carbons (Fsp3) is 0. The Hall–Kier alpha value is -0.120. The smallest absolute Gasteiger partial charge is 0.156 e. The molecular weight excluding hydrogens is 263 g/mol. The molecule has 2 aromatic rings. The topological polar surface area (TPSA) is 0 Å². The molecule has 0 fully saturated rings. The van der Waals surface area contributed by atoms with Crippen molar-refractivity contribution in [3.63, 3.8) is 0 Å². The first-order valence-corrected chi connectivity index (χ1v) is 5.26. The van der Waals surface area contributed by atoms with Crippen molar-refractivity contribution in [2.24, 2.45) is 0 Å². The Kier molecular flexibility index (Phi) is 2.10. The molecule has 0 aliphatic carbocycles. The fourth-order valence-corrected chi connectivity index (χ4v) is 2.48. The van der Waals surface area contributed by atoms with Crippen LogP contribution in [0, 0.1) is 5.82 Å². The largest absolute Gasteiger partial charge is 0.204 e. The Bertz CT molecular complexity index is 438. The lowest BCUT2D eigenvalue weighted by atomic mass is 10.2. The number of hydrogen-bond acceptors (Lipinski definition) is 1. The van der Waals surface area contributed by atoms with Crippen LogP contribution in [0.25, 0.3) is 10.1 Å². The van der Waals surface area contributed by atoms with Gasteiger partial charge in [-0.1, -0.05) is 11.6 Å². The Morgan fingerprint density at radius 2 is 2.25 bits per heavy atom. The van der Waals surface area contributed by atoms with Gasteiger partial charge in [-0.15, -0.1) is 11.3 Å². The summed E-state index contributed by atoms with van der Waals surface area (Å²) >= 11 is 10.2. The lowest BCUT2D eigenvalue weighted by molar-refractivity contribution is 0.635. The molecule has 0 spiro atoms. The molecule has 1 aromatic carbocycles. The normalized spacial score (nSPS) is 10.9. The lowest BCUT2D eigenvalue weighted by Crippen LogP contribution is -1.78. The van der Waals surface area contributed by atoms with Crippen LogP contribution in [0.5, 0.6) is 0 Å². The van der Waals surface area contributed by atoms with E-state index in [2.05, 4.69) is 15.9 Å². The zero-order chi connectivity index (χ0) is 8.72. The Labute approximate surface area is 86.1 Å². The summed E-state index contributed by atoms with van der Waals surface area (Å²) in [5.74, 6) is -0.271. The predicted octanol–water partition coefficient (Wildman–Crippen LogP) is 4.46. The average Bonchev–Trinajstić information content (AvgIpc) is 2.48. The maximum Gasteiger partial charge on any atom is 0.156 e. The first kappa shape index (κ1) is 8.48. The summed E-state index contributed by atoms with van der Waals surface area (Å²) in [7, 11) is 0. The second-order valence-corrected chi connectivity index (χ2v) is 4.44. The van der Waals surface area contributed by atoms with Crippen molar-refractivity contribution >= 4 is 49.0 Å². The van der Waals surface area contributed by atoms with Crippen molar-refractivity contribution in [3.8, 4) is 0 Å². The molecule has 0 nitrogen and oxygen atoms in total. The molecule has 2 rings (SSSR count). The van der Waals surface area contributed by atoms with Gasteiger partial charge in [0.15, 0.2) is 5.82 Å². The number of halogens is 3. The van der Waals surface area contributed by atoms with E-state index in [-0.39, 0.29) is 5.82 Å². The number of rotatable bonds is 0. The molecule has 1 heterocycles. The van der Waals surface area contributed by atoms with Gasteiger partial charge in [-0.3, -0.25) is 0 Å². The predicted molar refractivity (Wildman–Crippen MR) is 54.5 cm³/mol. The Morgan fingerprint density at radius 1 is 1.50 bits per heavy atom. The monoisotopic (exact) mass is 264 g/mol. The minimum absolute atomic E-state index is 0.271. The van der Waals surface area contributed by atoms with Crippen LogP contribution in [0.1, 0.15) is 0 Å². The minimum Gasteiger partial charge on any atom is -0.204 e. The van der Waals surface area contributed by atoms with E-state index in [1.54, 1.807) is 6.07 Å². The summed E-state index contributed by atoms with van der Waals surface area (Å²) in [4.78, 5) is 0. The number of hydrogen-bond donors (Lipinski definition) is 0. The molecule has 0 saturated heterocycles. The molecule has 62 valence electrons. The maximum absolute atomic E-state index is 13.4. The van der Waals surface area contributed by atoms with Gasteiger partial charge in [0.1, 0.15) is 0 Å². The molecule has 0 bridgehead atoms. The Morgan fingerprint density at radius 3 is 3.00 bits per heavy atom. The summed E-state index contributed by atoms with van der Waals surface area (Å²) in [6.07, 6.45) is 0. The SMILES string of the molecule is Fc1c(Br)c(Cl)cc2ccsc12. The van der Waals surface area contributed by atoms with Crippen molar-refractivity contribution in [1.82, 2.24) is 0 Å². The molecule has 0 atom stereocenters. The van der Waals surface area contributed by atoms with Gasteiger partial charge in [0, 0.05) is 0 Å².